The van der Waals surface area contributed by atoms with Crippen molar-refractivity contribution in [3.05, 3.63) is 65.2 Å². The first-order valence-corrected chi connectivity index (χ1v) is 6.10. The number of hydrogen-bond donors (Lipinski definition) is 2. The molecule has 2 aromatic carbocycles. The van der Waals surface area contributed by atoms with Gasteiger partial charge in [-0.2, -0.15) is 0 Å². The Morgan fingerprint density at radius 3 is 2.37 bits per heavy atom. The van der Waals surface area contributed by atoms with Crippen molar-refractivity contribution in [1.29, 1.82) is 0 Å². The molecule has 0 aliphatic rings. The Balaban J connectivity index is 1.94. The van der Waals surface area contributed by atoms with Gasteiger partial charge in [0.15, 0.2) is 0 Å². The number of anilines is 1. The summed E-state index contributed by atoms with van der Waals surface area (Å²) in [5.74, 6) is 0. The number of nitrogens with zero attached hydrogens (tertiary/aromatic N) is 1. The highest BCUT2D eigenvalue weighted by atomic mass is 35.5. The standard InChI is InChI=1S/C14H13ClN2O2/c15-12-6-8-13(9-7-12)16-14(18)17(19)10-11-4-2-1-3-5-11/h1-9,19H,10H2,(H,16,18). The zero-order valence-electron chi connectivity index (χ0n) is 10.1. The molecule has 0 heterocycles. The van der Waals surface area contributed by atoms with Crippen LogP contribution in [0.5, 0.6) is 0 Å². The highest BCUT2D eigenvalue weighted by Gasteiger charge is 2.11. The van der Waals surface area contributed by atoms with Gasteiger partial charge in [0.25, 0.3) is 0 Å². The van der Waals surface area contributed by atoms with Gasteiger partial charge in [-0.15, -0.1) is 0 Å². The van der Waals surface area contributed by atoms with Crippen molar-refractivity contribution >= 4 is 23.3 Å². The van der Waals surface area contributed by atoms with E-state index in [-0.39, 0.29) is 6.54 Å². The number of hydrogen-bond acceptors (Lipinski definition) is 2. The molecule has 0 saturated heterocycles. The average molecular weight is 277 g/mol. The van der Waals surface area contributed by atoms with Crippen molar-refractivity contribution in [3.63, 3.8) is 0 Å². The summed E-state index contributed by atoms with van der Waals surface area (Å²) in [7, 11) is 0. The van der Waals surface area contributed by atoms with Crippen molar-refractivity contribution in [1.82, 2.24) is 5.06 Å². The lowest BCUT2D eigenvalue weighted by Crippen LogP contribution is -2.31. The monoisotopic (exact) mass is 276 g/mol. The Hall–Kier alpha value is -2.04. The molecule has 0 spiro atoms. The van der Waals surface area contributed by atoms with Gasteiger partial charge in [-0.1, -0.05) is 41.9 Å². The van der Waals surface area contributed by atoms with E-state index in [0.717, 1.165) is 5.56 Å². The Kier molecular flexibility index (Phi) is 4.39. The van der Waals surface area contributed by atoms with Crippen LogP contribution in [0.15, 0.2) is 54.6 Å². The van der Waals surface area contributed by atoms with Crippen LogP contribution in [-0.2, 0) is 6.54 Å². The molecule has 2 aromatic rings. The molecule has 0 aromatic heterocycles. The largest absolute Gasteiger partial charge is 0.345 e. The predicted octanol–water partition coefficient (Wildman–Crippen LogP) is 3.76. The van der Waals surface area contributed by atoms with Crippen molar-refractivity contribution in [2.24, 2.45) is 0 Å². The smallest absolute Gasteiger partial charge is 0.306 e. The first kappa shape index (κ1) is 13.4. The van der Waals surface area contributed by atoms with Gasteiger partial charge in [0.2, 0.25) is 0 Å². The number of amides is 2. The molecule has 0 bridgehead atoms. The second-order valence-electron chi connectivity index (χ2n) is 3.98. The summed E-state index contributed by atoms with van der Waals surface area (Å²) in [6.07, 6.45) is 0. The molecule has 0 radical (unpaired) electrons. The summed E-state index contributed by atoms with van der Waals surface area (Å²) in [4.78, 5) is 11.7. The molecule has 0 aliphatic heterocycles. The van der Waals surface area contributed by atoms with Crippen LogP contribution in [0.1, 0.15) is 5.56 Å². The highest BCUT2D eigenvalue weighted by molar-refractivity contribution is 6.30. The van der Waals surface area contributed by atoms with Crippen LogP contribution in [-0.4, -0.2) is 16.3 Å². The SMILES string of the molecule is O=C(Nc1ccc(Cl)cc1)N(O)Cc1ccccc1. The summed E-state index contributed by atoms with van der Waals surface area (Å²) in [6, 6.07) is 15.3. The fraction of sp³-hybridized carbons (Fsp3) is 0.0714. The molecule has 98 valence electrons. The fourth-order valence-corrected chi connectivity index (χ4v) is 1.68. The highest BCUT2D eigenvalue weighted by Crippen LogP contribution is 2.14. The number of nitrogens with one attached hydrogen (secondary N) is 1. The van der Waals surface area contributed by atoms with Crippen LogP contribution in [0.25, 0.3) is 0 Å². The lowest BCUT2D eigenvalue weighted by molar-refractivity contribution is -0.0449. The van der Waals surface area contributed by atoms with E-state index in [0.29, 0.717) is 15.8 Å². The number of carbonyl (C=O) groups excluding carboxylic acids is 1. The number of urea groups is 1. The van der Waals surface area contributed by atoms with E-state index in [1.54, 1.807) is 24.3 Å². The summed E-state index contributed by atoms with van der Waals surface area (Å²) < 4.78 is 0. The molecule has 0 unspecified atom stereocenters. The maximum Gasteiger partial charge on any atom is 0.345 e. The van der Waals surface area contributed by atoms with E-state index in [4.69, 9.17) is 11.6 Å². The zero-order chi connectivity index (χ0) is 13.7. The minimum absolute atomic E-state index is 0.125. The van der Waals surface area contributed by atoms with Crippen molar-refractivity contribution < 1.29 is 10.0 Å². The lowest BCUT2D eigenvalue weighted by Gasteiger charge is -2.15. The quantitative estimate of drug-likeness (QED) is 0.662. The van der Waals surface area contributed by atoms with Crippen molar-refractivity contribution in [2.45, 2.75) is 6.54 Å². The van der Waals surface area contributed by atoms with Crippen molar-refractivity contribution in [2.75, 3.05) is 5.32 Å². The third-order valence-corrected chi connectivity index (χ3v) is 2.76. The van der Waals surface area contributed by atoms with Gasteiger partial charge < -0.3 is 5.32 Å². The van der Waals surface area contributed by atoms with Crippen LogP contribution in [0, 0.1) is 0 Å². The normalized spacial score (nSPS) is 10.0. The number of carbonyl (C=O) groups is 1. The third kappa shape index (κ3) is 3.98. The maximum atomic E-state index is 11.7. The number of benzene rings is 2. The van der Waals surface area contributed by atoms with E-state index in [1.807, 2.05) is 30.3 Å². The summed E-state index contributed by atoms with van der Waals surface area (Å²) in [5, 5.41) is 13.5. The van der Waals surface area contributed by atoms with Gasteiger partial charge >= 0.3 is 6.03 Å². The first-order valence-electron chi connectivity index (χ1n) is 5.72. The van der Waals surface area contributed by atoms with E-state index in [1.165, 1.54) is 0 Å². The van der Waals surface area contributed by atoms with Crippen LogP contribution in [0.4, 0.5) is 10.5 Å². The number of hydroxylamine groups is 2. The van der Waals surface area contributed by atoms with Crippen molar-refractivity contribution in [3.8, 4) is 0 Å². The first-order chi connectivity index (χ1) is 9.15. The summed E-state index contributed by atoms with van der Waals surface area (Å²) in [5.41, 5.74) is 1.41. The summed E-state index contributed by atoms with van der Waals surface area (Å²) in [6.45, 7) is 0.125. The maximum absolute atomic E-state index is 11.7. The Labute approximate surface area is 116 Å². The Bertz CT molecular complexity index is 543. The van der Waals surface area contributed by atoms with Crippen LogP contribution in [0.2, 0.25) is 5.02 Å². The molecule has 0 atom stereocenters. The average Bonchev–Trinajstić information content (AvgIpc) is 2.42. The van der Waals surface area contributed by atoms with Crippen LogP contribution < -0.4 is 5.32 Å². The lowest BCUT2D eigenvalue weighted by atomic mass is 10.2. The Morgan fingerprint density at radius 1 is 1.11 bits per heavy atom. The molecule has 5 heteroatoms. The molecule has 2 amide bonds. The zero-order valence-corrected chi connectivity index (χ0v) is 10.8. The molecule has 4 nitrogen and oxygen atoms in total. The molecule has 2 N–H and O–H groups in total. The minimum atomic E-state index is -0.592. The van der Waals surface area contributed by atoms with Gasteiger partial charge in [-0.05, 0) is 29.8 Å². The van der Waals surface area contributed by atoms with E-state index in [9.17, 15) is 10.0 Å². The number of halogens is 1. The molecule has 19 heavy (non-hydrogen) atoms. The molecule has 0 saturated carbocycles. The minimum Gasteiger partial charge on any atom is -0.306 e. The van der Waals surface area contributed by atoms with Gasteiger partial charge in [-0.25, -0.2) is 9.86 Å². The third-order valence-electron chi connectivity index (χ3n) is 2.51. The Morgan fingerprint density at radius 2 is 1.74 bits per heavy atom. The summed E-state index contributed by atoms with van der Waals surface area (Å²) >= 11 is 5.75. The second kappa shape index (κ2) is 6.22. The van der Waals surface area contributed by atoms with Gasteiger partial charge in [0, 0.05) is 10.7 Å². The topological polar surface area (TPSA) is 52.6 Å². The van der Waals surface area contributed by atoms with E-state index in [2.05, 4.69) is 5.32 Å². The van der Waals surface area contributed by atoms with E-state index < -0.39 is 6.03 Å². The number of rotatable bonds is 3. The second-order valence-corrected chi connectivity index (χ2v) is 4.42. The van der Waals surface area contributed by atoms with Gasteiger partial charge in [0.1, 0.15) is 0 Å². The van der Waals surface area contributed by atoms with Gasteiger partial charge in [-0.3, -0.25) is 5.21 Å². The predicted molar refractivity (Wildman–Crippen MR) is 74.2 cm³/mol. The van der Waals surface area contributed by atoms with Gasteiger partial charge in [0.05, 0.1) is 6.54 Å². The molecule has 2 rings (SSSR count). The molecule has 0 fully saturated rings. The molecular weight excluding hydrogens is 264 g/mol. The van der Waals surface area contributed by atoms with Crippen LogP contribution >= 0.6 is 11.6 Å². The van der Waals surface area contributed by atoms with E-state index >= 15 is 0 Å². The molecular formula is C14H13ClN2O2. The van der Waals surface area contributed by atoms with Crippen LogP contribution in [0.3, 0.4) is 0 Å². The molecule has 0 aliphatic carbocycles. The fourth-order valence-electron chi connectivity index (χ4n) is 1.55.